The van der Waals surface area contributed by atoms with Gasteiger partial charge in [-0.25, -0.2) is 0 Å². The van der Waals surface area contributed by atoms with Crippen molar-refractivity contribution in [2.45, 2.75) is 44.2 Å². The lowest BCUT2D eigenvalue weighted by Crippen LogP contribution is -2.53. The van der Waals surface area contributed by atoms with E-state index in [0.717, 1.165) is 19.3 Å². The monoisotopic (exact) mass is 239 g/mol. The summed E-state index contributed by atoms with van der Waals surface area (Å²) in [6.07, 6.45) is 5.16. The first-order valence-corrected chi connectivity index (χ1v) is 6.47. The summed E-state index contributed by atoms with van der Waals surface area (Å²) in [5.74, 6) is 0.0228. The first-order chi connectivity index (χ1) is 8.22. The van der Waals surface area contributed by atoms with Crippen LogP contribution in [0.4, 0.5) is 0 Å². The minimum atomic E-state index is -0.262. The first kappa shape index (κ1) is 12.4. The number of nitrogens with one attached hydrogen (secondary N) is 2. The van der Waals surface area contributed by atoms with Gasteiger partial charge in [-0.05, 0) is 32.1 Å². The van der Waals surface area contributed by atoms with Gasteiger partial charge in [-0.2, -0.15) is 0 Å². The van der Waals surface area contributed by atoms with Crippen molar-refractivity contribution >= 4 is 11.8 Å². The van der Waals surface area contributed by atoms with Crippen molar-refractivity contribution in [1.82, 2.24) is 15.5 Å². The van der Waals surface area contributed by atoms with Gasteiger partial charge in [0.2, 0.25) is 11.8 Å². The smallest absolute Gasteiger partial charge is 0.242 e. The average molecular weight is 239 g/mol. The Balaban J connectivity index is 1.89. The molecule has 5 heteroatoms. The van der Waals surface area contributed by atoms with Crippen molar-refractivity contribution in [1.29, 1.82) is 0 Å². The molecule has 1 aliphatic heterocycles. The normalized spacial score (nSPS) is 24.5. The molecule has 5 nitrogen and oxygen atoms in total. The molecular weight excluding hydrogens is 218 g/mol. The Hall–Kier alpha value is -1.10. The van der Waals surface area contributed by atoms with Crippen LogP contribution in [0.25, 0.3) is 0 Å². The van der Waals surface area contributed by atoms with E-state index in [0.29, 0.717) is 19.1 Å². The third kappa shape index (κ3) is 3.19. The van der Waals surface area contributed by atoms with Crippen LogP contribution in [0.1, 0.15) is 32.1 Å². The number of carbonyl (C=O) groups is 2. The molecule has 2 amide bonds. The number of carbonyl (C=O) groups excluding carboxylic acids is 2. The van der Waals surface area contributed by atoms with Crippen LogP contribution in [0.2, 0.25) is 0 Å². The highest BCUT2D eigenvalue weighted by atomic mass is 16.2. The van der Waals surface area contributed by atoms with Gasteiger partial charge in [0.1, 0.15) is 6.04 Å². The number of rotatable bonds is 4. The zero-order valence-corrected chi connectivity index (χ0v) is 10.4. The molecule has 2 N–H and O–H groups in total. The largest absolute Gasteiger partial charge is 0.357 e. The molecule has 1 atom stereocenters. The van der Waals surface area contributed by atoms with Crippen LogP contribution >= 0.6 is 0 Å². The maximum Gasteiger partial charge on any atom is 0.242 e. The molecule has 0 bridgehead atoms. The fourth-order valence-electron chi connectivity index (χ4n) is 2.29. The van der Waals surface area contributed by atoms with Crippen molar-refractivity contribution in [3.63, 3.8) is 0 Å². The summed E-state index contributed by atoms with van der Waals surface area (Å²) < 4.78 is 0. The van der Waals surface area contributed by atoms with E-state index in [2.05, 4.69) is 10.6 Å². The van der Waals surface area contributed by atoms with Gasteiger partial charge in [-0.1, -0.05) is 0 Å². The Morgan fingerprint density at radius 1 is 1.24 bits per heavy atom. The van der Waals surface area contributed by atoms with Crippen molar-refractivity contribution in [2.75, 3.05) is 20.1 Å². The quantitative estimate of drug-likeness (QED) is 0.718. The van der Waals surface area contributed by atoms with E-state index < -0.39 is 0 Å². The number of piperidine rings is 1. The van der Waals surface area contributed by atoms with Gasteiger partial charge in [0, 0.05) is 19.6 Å². The summed E-state index contributed by atoms with van der Waals surface area (Å²) in [5, 5.41) is 5.85. The Morgan fingerprint density at radius 2 is 2.00 bits per heavy atom. The Kier molecular flexibility index (Phi) is 3.99. The fraction of sp³-hybridized carbons (Fsp3) is 0.833. The van der Waals surface area contributed by atoms with Crippen molar-refractivity contribution in [3.8, 4) is 0 Å². The molecule has 2 aliphatic rings. The molecule has 0 aromatic carbocycles. The molecule has 0 spiro atoms. The molecule has 1 unspecified atom stereocenters. The lowest BCUT2D eigenvalue weighted by molar-refractivity contribution is -0.141. The van der Waals surface area contributed by atoms with E-state index >= 15 is 0 Å². The molecule has 1 heterocycles. The standard InChI is InChI=1S/C12H21N3O2/c1-13-12(17)10-4-2-3-7-15(10)11(16)8-14-9-5-6-9/h9-10,14H,2-8H2,1H3,(H,13,17). The van der Waals surface area contributed by atoms with Crippen LogP contribution in [-0.4, -0.2) is 48.9 Å². The molecule has 17 heavy (non-hydrogen) atoms. The lowest BCUT2D eigenvalue weighted by atomic mass is 10.0. The van der Waals surface area contributed by atoms with Gasteiger partial charge in [-0.3, -0.25) is 9.59 Å². The zero-order chi connectivity index (χ0) is 12.3. The summed E-state index contributed by atoms with van der Waals surface area (Å²) in [7, 11) is 1.63. The van der Waals surface area contributed by atoms with Crippen molar-refractivity contribution in [3.05, 3.63) is 0 Å². The Bertz CT molecular complexity index is 302. The van der Waals surface area contributed by atoms with Crippen molar-refractivity contribution < 1.29 is 9.59 Å². The van der Waals surface area contributed by atoms with Crippen LogP contribution in [0.5, 0.6) is 0 Å². The summed E-state index contributed by atoms with van der Waals surface area (Å²) in [6, 6.07) is 0.268. The van der Waals surface area contributed by atoms with Gasteiger partial charge in [0.25, 0.3) is 0 Å². The number of amides is 2. The van der Waals surface area contributed by atoms with Gasteiger partial charge in [0.15, 0.2) is 0 Å². The first-order valence-electron chi connectivity index (χ1n) is 6.47. The second kappa shape index (κ2) is 5.49. The number of hydrogen-bond acceptors (Lipinski definition) is 3. The van der Waals surface area contributed by atoms with Crippen molar-refractivity contribution in [2.24, 2.45) is 0 Å². The lowest BCUT2D eigenvalue weighted by Gasteiger charge is -2.34. The average Bonchev–Trinajstić information content (AvgIpc) is 3.19. The molecule has 0 aromatic rings. The van der Waals surface area contributed by atoms with Gasteiger partial charge in [0.05, 0.1) is 6.54 Å². The van der Waals surface area contributed by atoms with E-state index in [1.165, 1.54) is 12.8 Å². The number of hydrogen-bond donors (Lipinski definition) is 2. The Morgan fingerprint density at radius 3 is 2.65 bits per heavy atom. The molecule has 1 saturated carbocycles. The van der Waals surface area contributed by atoms with E-state index in [4.69, 9.17) is 0 Å². The predicted molar refractivity (Wildman–Crippen MR) is 64.4 cm³/mol. The molecule has 1 aliphatic carbocycles. The highest BCUT2D eigenvalue weighted by molar-refractivity contribution is 5.88. The second-order valence-electron chi connectivity index (χ2n) is 4.87. The second-order valence-corrected chi connectivity index (χ2v) is 4.87. The fourth-order valence-corrected chi connectivity index (χ4v) is 2.29. The summed E-state index contributed by atoms with van der Waals surface area (Å²) in [6.45, 7) is 1.08. The van der Waals surface area contributed by atoms with E-state index in [1.54, 1.807) is 11.9 Å². The summed E-state index contributed by atoms with van der Waals surface area (Å²) >= 11 is 0. The third-order valence-corrected chi connectivity index (χ3v) is 3.49. The highest BCUT2D eigenvalue weighted by Crippen LogP contribution is 2.20. The van der Waals surface area contributed by atoms with Gasteiger partial charge in [-0.15, -0.1) is 0 Å². The highest BCUT2D eigenvalue weighted by Gasteiger charge is 2.32. The van der Waals surface area contributed by atoms with Gasteiger partial charge < -0.3 is 15.5 Å². The SMILES string of the molecule is CNC(=O)C1CCCCN1C(=O)CNC1CC1. The molecule has 2 rings (SSSR count). The zero-order valence-electron chi connectivity index (χ0n) is 10.4. The number of nitrogens with zero attached hydrogens (tertiary/aromatic N) is 1. The topological polar surface area (TPSA) is 61.4 Å². The predicted octanol–water partition coefficient (Wildman–Crippen LogP) is -0.134. The van der Waals surface area contributed by atoms with Crippen LogP contribution in [0, 0.1) is 0 Å². The van der Waals surface area contributed by atoms with E-state index in [1.807, 2.05) is 0 Å². The maximum atomic E-state index is 12.0. The van der Waals surface area contributed by atoms with Crippen LogP contribution in [0.3, 0.4) is 0 Å². The third-order valence-electron chi connectivity index (χ3n) is 3.49. The molecule has 96 valence electrons. The number of likely N-dealkylation sites (N-methyl/N-ethyl adjacent to an activating group) is 1. The molecule has 1 saturated heterocycles. The molecule has 2 fully saturated rings. The number of likely N-dealkylation sites (tertiary alicyclic amines) is 1. The van der Waals surface area contributed by atoms with Gasteiger partial charge >= 0.3 is 0 Å². The van der Waals surface area contributed by atoms with Crippen LogP contribution in [-0.2, 0) is 9.59 Å². The summed E-state index contributed by atoms with van der Waals surface area (Å²) in [5.41, 5.74) is 0. The molecular formula is C12H21N3O2. The minimum Gasteiger partial charge on any atom is -0.357 e. The maximum absolute atomic E-state index is 12.0. The van der Waals surface area contributed by atoms with E-state index in [9.17, 15) is 9.59 Å². The summed E-state index contributed by atoms with van der Waals surface area (Å²) in [4.78, 5) is 25.5. The molecule has 0 radical (unpaired) electrons. The van der Waals surface area contributed by atoms with Crippen LogP contribution in [0.15, 0.2) is 0 Å². The minimum absolute atomic E-state index is 0.0375. The van der Waals surface area contributed by atoms with E-state index in [-0.39, 0.29) is 17.9 Å². The van der Waals surface area contributed by atoms with Crippen LogP contribution < -0.4 is 10.6 Å². The Labute approximate surface area is 102 Å². The molecule has 0 aromatic heterocycles.